The molecule has 0 aliphatic rings. The van der Waals surface area contributed by atoms with Gasteiger partial charge >= 0.3 is 5.97 Å². The van der Waals surface area contributed by atoms with Crippen molar-refractivity contribution in [3.63, 3.8) is 0 Å². The van der Waals surface area contributed by atoms with Crippen LogP contribution in [0.2, 0.25) is 0 Å². The molecule has 0 aromatic heterocycles. The quantitative estimate of drug-likeness (QED) is 0.676. The molecule has 0 aliphatic heterocycles. The number of Topliss-reactive ketones (excluding diaryl/α,β-unsaturated/α-hetero) is 1. The molecule has 5 nitrogen and oxygen atoms in total. The van der Waals surface area contributed by atoms with E-state index in [4.69, 9.17) is 4.74 Å². The molecule has 0 spiro atoms. The van der Waals surface area contributed by atoms with Crippen LogP contribution < -0.4 is 5.32 Å². The van der Waals surface area contributed by atoms with Crippen molar-refractivity contribution in [2.45, 2.75) is 20.8 Å². The van der Waals surface area contributed by atoms with Crippen LogP contribution in [0.15, 0.2) is 42.5 Å². The van der Waals surface area contributed by atoms with E-state index in [-0.39, 0.29) is 12.4 Å². The zero-order valence-corrected chi connectivity index (χ0v) is 13.9. The molecular formula is C19H19NO4. The molecule has 0 fully saturated rings. The largest absolute Gasteiger partial charge is 0.452 e. The molecule has 0 atom stereocenters. The van der Waals surface area contributed by atoms with Crippen LogP contribution in [0.1, 0.15) is 38.8 Å². The van der Waals surface area contributed by atoms with Crippen molar-refractivity contribution in [3.05, 3.63) is 64.7 Å². The first-order valence-electron chi connectivity index (χ1n) is 7.52. The van der Waals surface area contributed by atoms with E-state index >= 15 is 0 Å². The first-order chi connectivity index (χ1) is 11.4. The summed E-state index contributed by atoms with van der Waals surface area (Å²) >= 11 is 0. The summed E-state index contributed by atoms with van der Waals surface area (Å²) in [4.78, 5) is 35.0. The van der Waals surface area contributed by atoms with Gasteiger partial charge in [0.2, 0.25) is 0 Å². The van der Waals surface area contributed by atoms with Gasteiger partial charge in [0.1, 0.15) is 0 Å². The maximum Gasteiger partial charge on any atom is 0.338 e. The van der Waals surface area contributed by atoms with Gasteiger partial charge < -0.3 is 10.1 Å². The number of amides is 1. The summed E-state index contributed by atoms with van der Waals surface area (Å²) in [6.07, 6.45) is 0. The molecule has 5 heteroatoms. The van der Waals surface area contributed by atoms with E-state index in [1.165, 1.54) is 6.92 Å². The molecule has 0 bridgehead atoms. The van der Waals surface area contributed by atoms with Gasteiger partial charge in [-0.15, -0.1) is 0 Å². The first-order valence-corrected chi connectivity index (χ1v) is 7.52. The van der Waals surface area contributed by atoms with Crippen LogP contribution >= 0.6 is 0 Å². The number of carbonyl (C=O) groups excluding carboxylic acids is 3. The molecule has 0 aliphatic carbocycles. The van der Waals surface area contributed by atoms with Crippen LogP contribution in [0.25, 0.3) is 0 Å². The number of ether oxygens (including phenoxy) is 1. The number of esters is 1. The molecule has 0 saturated heterocycles. The fraction of sp³-hybridized carbons (Fsp3) is 0.211. The predicted octanol–water partition coefficient (Wildman–Crippen LogP) is 3.30. The van der Waals surface area contributed by atoms with E-state index in [9.17, 15) is 14.4 Å². The number of aryl methyl sites for hydroxylation is 2. The minimum Gasteiger partial charge on any atom is -0.452 e. The lowest BCUT2D eigenvalue weighted by molar-refractivity contribution is -0.119. The Morgan fingerprint density at radius 3 is 2.12 bits per heavy atom. The van der Waals surface area contributed by atoms with Crippen molar-refractivity contribution in [1.29, 1.82) is 0 Å². The number of nitrogens with one attached hydrogen (secondary N) is 1. The van der Waals surface area contributed by atoms with E-state index in [0.717, 1.165) is 11.1 Å². The minimum absolute atomic E-state index is 0.0461. The standard InChI is InChI=1S/C19H19NO4/c1-12-4-5-16(10-13(12)2)19(23)24-11-18(22)20-17-8-6-15(7-9-17)14(3)21/h4-10H,11H2,1-3H3,(H,20,22). The Labute approximate surface area is 140 Å². The molecule has 1 amide bonds. The molecule has 0 unspecified atom stereocenters. The van der Waals surface area contributed by atoms with Gasteiger partial charge in [-0.1, -0.05) is 6.07 Å². The average molecular weight is 325 g/mol. The van der Waals surface area contributed by atoms with Gasteiger partial charge in [0.25, 0.3) is 5.91 Å². The van der Waals surface area contributed by atoms with Gasteiger partial charge in [-0.25, -0.2) is 4.79 Å². The second-order valence-electron chi connectivity index (χ2n) is 5.56. The highest BCUT2D eigenvalue weighted by atomic mass is 16.5. The number of carbonyl (C=O) groups is 3. The third-order valence-electron chi connectivity index (χ3n) is 3.65. The SMILES string of the molecule is CC(=O)c1ccc(NC(=O)COC(=O)c2ccc(C)c(C)c2)cc1. The molecule has 24 heavy (non-hydrogen) atoms. The third kappa shape index (κ3) is 4.52. The van der Waals surface area contributed by atoms with E-state index in [1.807, 2.05) is 19.9 Å². The fourth-order valence-corrected chi connectivity index (χ4v) is 2.07. The third-order valence-corrected chi connectivity index (χ3v) is 3.65. The van der Waals surface area contributed by atoms with Crippen LogP contribution in [0.3, 0.4) is 0 Å². The summed E-state index contributed by atoms with van der Waals surface area (Å²) < 4.78 is 5.01. The van der Waals surface area contributed by atoms with Gasteiger partial charge in [0.05, 0.1) is 5.56 Å². The zero-order chi connectivity index (χ0) is 17.7. The van der Waals surface area contributed by atoms with Gasteiger partial charge in [0.15, 0.2) is 12.4 Å². The second kappa shape index (κ2) is 7.55. The van der Waals surface area contributed by atoms with Gasteiger partial charge in [0, 0.05) is 11.3 Å². The molecule has 2 aromatic rings. The Hall–Kier alpha value is -2.95. The van der Waals surface area contributed by atoms with Crippen LogP contribution in [0, 0.1) is 13.8 Å². The molecule has 124 valence electrons. The number of hydrogen-bond acceptors (Lipinski definition) is 4. The van der Waals surface area contributed by atoms with Crippen LogP contribution in [-0.2, 0) is 9.53 Å². The molecule has 2 aromatic carbocycles. The van der Waals surface area contributed by atoms with Crippen LogP contribution in [0.5, 0.6) is 0 Å². The lowest BCUT2D eigenvalue weighted by Crippen LogP contribution is -2.21. The number of rotatable bonds is 5. The maximum absolute atomic E-state index is 11.9. The second-order valence-corrected chi connectivity index (χ2v) is 5.56. The Bertz CT molecular complexity index is 778. The fourth-order valence-electron chi connectivity index (χ4n) is 2.07. The van der Waals surface area contributed by atoms with Crippen molar-refractivity contribution in [3.8, 4) is 0 Å². The van der Waals surface area contributed by atoms with E-state index in [2.05, 4.69) is 5.32 Å². The van der Waals surface area contributed by atoms with Crippen molar-refractivity contribution in [1.82, 2.24) is 0 Å². The molecule has 2 rings (SSSR count). The summed E-state index contributed by atoms with van der Waals surface area (Å²) in [7, 11) is 0. The van der Waals surface area contributed by atoms with E-state index in [0.29, 0.717) is 16.8 Å². The summed E-state index contributed by atoms with van der Waals surface area (Å²) in [5, 5.41) is 2.61. The first kappa shape index (κ1) is 17.4. The number of hydrogen-bond donors (Lipinski definition) is 1. The van der Waals surface area contributed by atoms with E-state index < -0.39 is 11.9 Å². The average Bonchev–Trinajstić information content (AvgIpc) is 2.55. The lowest BCUT2D eigenvalue weighted by Gasteiger charge is -2.08. The molecule has 0 heterocycles. The highest BCUT2D eigenvalue weighted by molar-refractivity contribution is 5.97. The topological polar surface area (TPSA) is 72.5 Å². The Morgan fingerprint density at radius 1 is 0.917 bits per heavy atom. The van der Waals surface area contributed by atoms with Gasteiger partial charge in [-0.3, -0.25) is 9.59 Å². The summed E-state index contributed by atoms with van der Waals surface area (Å²) in [6, 6.07) is 11.7. The van der Waals surface area contributed by atoms with Crippen molar-refractivity contribution in [2.75, 3.05) is 11.9 Å². The Morgan fingerprint density at radius 2 is 1.54 bits per heavy atom. The van der Waals surface area contributed by atoms with Crippen LogP contribution in [-0.4, -0.2) is 24.3 Å². The maximum atomic E-state index is 11.9. The Balaban J connectivity index is 1.89. The molecule has 0 saturated carbocycles. The highest BCUT2D eigenvalue weighted by Gasteiger charge is 2.11. The van der Waals surface area contributed by atoms with E-state index in [1.54, 1.807) is 36.4 Å². The Kier molecular flexibility index (Phi) is 5.47. The van der Waals surface area contributed by atoms with Crippen molar-refractivity contribution < 1.29 is 19.1 Å². The smallest absolute Gasteiger partial charge is 0.338 e. The normalized spacial score (nSPS) is 10.1. The monoisotopic (exact) mass is 325 g/mol. The highest BCUT2D eigenvalue weighted by Crippen LogP contribution is 2.12. The van der Waals surface area contributed by atoms with Gasteiger partial charge in [-0.2, -0.15) is 0 Å². The van der Waals surface area contributed by atoms with Crippen molar-refractivity contribution >= 4 is 23.3 Å². The summed E-state index contributed by atoms with van der Waals surface area (Å²) in [5.74, 6) is -1.03. The van der Waals surface area contributed by atoms with Crippen LogP contribution in [0.4, 0.5) is 5.69 Å². The minimum atomic E-state index is -0.542. The lowest BCUT2D eigenvalue weighted by atomic mass is 10.1. The van der Waals surface area contributed by atoms with Gasteiger partial charge in [-0.05, 0) is 68.3 Å². The summed E-state index contributed by atoms with van der Waals surface area (Å²) in [5.41, 5.74) is 3.58. The summed E-state index contributed by atoms with van der Waals surface area (Å²) in [6.45, 7) is 4.96. The molecule has 0 radical (unpaired) electrons. The molecule has 1 N–H and O–H groups in total. The molecular weight excluding hydrogens is 306 g/mol. The number of benzene rings is 2. The number of ketones is 1. The zero-order valence-electron chi connectivity index (χ0n) is 13.9. The predicted molar refractivity (Wildman–Crippen MR) is 91.3 cm³/mol. The number of anilines is 1. The van der Waals surface area contributed by atoms with Crippen molar-refractivity contribution in [2.24, 2.45) is 0 Å².